The van der Waals surface area contributed by atoms with E-state index in [0.29, 0.717) is 24.5 Å². The van der Waals surface area contributed by atoms with Crippen LogP contribution in [-0.4, -0.2) is 64.2 Å². The molecule has 2 bridgehead atoms. The highest BCUT2D eigenvalue weighted by molar-refractivity contribution is 5.96. The smallest absolute Gasteiger partial charge is 0.410 e. The summed E-state index contributed by atoms with van der Waals surface area (Å²) in [6.07, 6.45) is 5.97. The lowest BCUT2D eigenvalue weighted by molar-refractivity contribution is 0.0168. The molecule has 7 heteroatoms. The standard InChI is InChI=1S/C27H43N3O4/c1-6-18(7-2)17-29(26(33)34-27(3,4)5)13-14-30-20-11-12-21(30)16-19(15-20)22-9-8-10-23(24(22)31)25(28)32/h8-10,18-21,31H,6-7,11-17H2,1-5H3,(H2,28,32). The van der Waals surface area contributed by atoms with E-state index >= 15 is 0 Å². The summed E-state index contributed by atoms with van der Waals surface area (Å²) in [5, 5.41) is 10.7. The molecule has 0 radical (unpaired) electrons. The molecule has 2 unspecified atom stereocenters. The number of hydrogen-bond donors (Lipinski definition) is 2. The summed E-state index contributed by atoms with van der Waals surface area (Å²) in [4.78, 5) is 29.1. The highest BCUT2D eigenvalue weighted by atomic mass is 16.6. The molecule has 3 N–H and O–H groups in total. The Morgan fingerprint density at radius 2 is 1.79 bits per heavy atom. The zero-order valence-electron chi connectivity index (χ0n) is 21.5. The molecule has 0 spiro atoms. The number of rotatable bonds is 9. The third-order valence-electron chi connectivity index (χ3n) is 7.57. The Hall–Kier alpha value is -2.28. The van der Waals surface area contributed by atoms with Gasteiger partial charge in [0.15, 0.2) is 0 Å². The molecule has 2 atom stereocenters. The van der Waals surface area contributed by atoms with Crippen LogP contribution in [-0.2, 0) is 4.74 Å². The van der Waals surface area contributed by atoms with Crippen LogP contribution in [0.1, 0.15) is 95.0 Å². The van der Waals surface area contributed by atoms with Crippen LogP contribution in [0.3, 0.4) is 0 Å². The van der Waals surface area contributed by atoms with Crippen LogP contribution in [0.5, 0.6) is 5.75 Å². The lowest BCUT2D eigenvalue weighted by Gasteiger charge is -2.40. The summed E-state index contributed by atoms with van der Waals surface area (Å²) < 4.78 is 5.72. The average molecular weight is 474 g/mol. The number of primary amides is 1. The first kappa shape index (κ1) is 26.3. The molecule has 3 rings (SSSR count). The highest BCUT2D eigenvalue weighted by Gasteiger charge is 2.42. The zero-order chi connectivity index (χ0) is 25.0. The number of amides is 2. The molecule has 2 aliphatic rings. The molecule has 34 heavy (non-hydrogen) atoms. The first-order valence-electron chi connectivity index (χ1n) is 12.9. The number of nitrogens with two attached hydrogens (primary N) is 1. The van der Waals surface area contributed by atoms with Gasteiger partial charge in [-0.25, -0.2) is 4.79 Å². The minimum absolute atomic E-state index is 0.0362. The van der Waals surface area contributed by atoms with E-state index in [1.165, 1.54) is 0 Å². The molecular formula is C27H43N3O4. The van der Waals surface area contributed by atoms with E-state index in [9.17, 15) is 14.7 Å². The van der Waals surface area contributed by atoms with Gasteiger partial charge in [-0.3, -0.25) is 9.69 Å². The van der Waals surface area contributed by atoms with Crippen molar-refractivity contribution >= 4 is 12.0 Å². The van der Waals surface area contributed by atoms with E-state index in [4.69, 9.17) is 10.5 Å². The number of carbonyl (C=O) groups is 2. The van der Waals surface area contributed by atoms with E-state index < -0.39 is 11.5 Å². The van der Waals surface area contributed by atoms with Gasteiger partial charge < -0.3 is 20.5 Å². The Labute approximate surface area is 204 Å². The predicted octanol–water partition coefficient (Wildman–Crippen LogP) is 4.87. The molecule has 2 fully saturated rings. The third kappa shape index (κ3) is 6.23. The summed E-state index contributed by atoms with van der Waals surface area (Å²) in [7, 11) is 0. The van der Waals surface area contributed by atoms with E-state index in [0.717, 1.165) is 57.2 Å². The van der Waals surface area contributed by atoms with E-state index in [-0.39, 0.29) is 23.3 Å². The first-order chi connectivity index (χ1) is 16.0. The number of aromatic hydroxyl groups is 1. The molecule has 2 aliphatic heterocycles. The maximum absolute atomic E-state index is 13.0. The normalized spacial score (nSPS) is 22.7. The van der Waals surface area contributed by atoms with Crippen LogP contribution in [0.4, 0.5) is 4.79 Å². The van der Waals surface area contributed by atoms with Crippen molar-refractivity contribution in [2.45, 2.75) is 96.7 Å². The van der Waals surface area contributed by atoms with E-state index in [1.807, 2.05) is 31.7 Å². The molecule has 1 aromatic rings. The number of nitrogens with zero attached hydrogens (tertiary/aromatic N) is 2. The lowest BCUT2D eigenvalue weighted by Crippen LogP contribution is -2.48. The van der Waals surface area contributed by atoms with Gasteiger partial charge in [-0.15, -0.1) is 0 Å². The fourth-order valence-corrected chi connectivity index (χ4v) is 5.66. The van der Waals surface area contributed by atoms with Gasteiger partial charge in [0.1, 0.15) is 11.4 Å². The number of carbonyl (C=O) groups excluding carboxylic acids is 2. The van der Waals surface area contributed by atoms with Gasteiger partial charge in [0, 0.05) is 31.7 Å². The number of phenols is 1. The molecule has 0 aliphatic carbocycles. The van der Waals surface area contributed by atoms with Crippen molar-refractivity contribution in [3.05, 3.63) is 29.3 Å². The Bertz CT molecular complexity index is 848. The Morgan fingerprint density at radius 1 is 1.18 bits per heavy atom. The molecule has 2 amide bonds. The monoisotopic (exact) mass is 473 g/mol. The fraction of sp³-hybridized carbons (Fsp3) is 0.704. The number of fused-ring (bicyclic) bond motifs is 2. The van der Waals surface area contributed by atoms with Crippen LogP contribution in [0, 0.1) is 5.92 Å². The predicted molar refractivity (Wildman–Crippen MR) is 134 cm³/mol. The Morgan fingerprint density at radius 3 is 2.32 bits per heavy atom. The lowest BCUT2D eigenvalue weighted by atomic mass is 9.83. The summed E-state index contributed by atoms with van der Waals surface area (Å²) >= 11 is 0. The van der Waals surface area contributed by atoms with Crippen molar-refractivity contribution in [1.29, 1.82) is 0 Å². The topological polar surface area (TPSA) is 96.1 Å². The molecule has 2 heterocycles. The molecule has 2 saturated heterocycles. The van der Waals surface area contributed by atoms with E-state index in [2.05, 4.69) is 18.7 Å². The minimum atomic E-state index is -0.598. The van der Waals surface area contributed by atoms with Gasteiger partial charge >= 0.3 is 6.09 Å². The second-order valence-electron chi connectivity index (χ2n) is 11.0. The van der Waals surface area contributed by atoms with Crippen LogP contribution >= 0.6 is 0 Å². The van der Waals surface area contributed by atoms with Crippen LogP contribution in [0.2, 0.25) is 0 Å². The van der Waals surface area contributed by atoms with Gasteiger partial charge in [-0.1, -0.05) is 38.8 Å². The first-order valence-corrected chi connectivity index (χ1v) is 12.9. The molecular weight excluding hydrogens is 430 g/mol. The van der Waals surface area contributed by atoms with Crippen molar-refractivity contribution in [2.75, 3.05) is 19.6 Å². The minimum Gasteiger partial charge on any atom is -0.507 e. The average Bonchev–Trinajstić information content (AvgIpc) is 2.99. The maximum Gasteiger partial charge on any atom is 0.410 e. The highest BCUT2D eigenvalue weighted by Crippen LogP contribution is 2.45. The molecule has 1 aromatic carbocycles. The van der Waals surface area contributed by atoms with Gasteiger partial charge in [0.05, 0.1) is 5.56 Å². The van der Waals surface area contributed by atoms with Gasteiger partial charge in [0.2, 0.25) is 0 Å². The van der Waals surface area contributed by atoms with Crippen LogP contribution in [0.15, 0.2) is 18.2 Å². The van der Waals surface area contributed by atoms with Crippen molar-refractivity contribution < 1.29 is 19.4 Å². The number of benzene rings is 1. The van der Waals surface area contributed by atoms with Gasteiger partial charge in [-0.2, -0.15) is 0 Å². The second-order valence-corrected chi connectivity index (χ2v) is 11.0. The van der Waals surface area contributed by atoms with Crippen molar-refractivity contribution in [1.82, 2.24) is 9.80 Å². The maximum atomic E-state index is 13.0. The van der Waals surface area contributed by atoms with Crippen LogP contribution < -0.4 is 5.73 Å². The SMILES string of the molecule is CCC(CC)CN(CCN1C2CCC1CC(c1cccc(C(N)=O)c1O)C2)C(=O)OC(C)(C)C. The summed E-state index contributed by atoms with van der Waals surface area (Å²) in [6, 6.07) is 6.13. The van der Waals surface area contributed by atoms with E-state index in [1.54, 1.807) is 12.1 Å². The number of piperidine rings is 1. The largest absolute Gasteiger partial charge is 0.507 e. The zero-order valence-corrected chi connectivity index (χ0v) is 21.5. The summed E-state index contributed by atoms with van der Waals surface area (Å²) in [5.74, 6) is 0.114. The van der Waals surface area contributed by atoms with Gasteiger partial charge in [-0.05, 0) is 69.9 Å². The van der Waals surface area contributed by atoms with Crippen LogP contribution in [0.25, 0.3) is 0 Å². The molecule has 7 nitrogen and oxygen atoms in total. The number of para-hydroxylation sites is 1. The fourth-order valence-electron chi connectivity index (χ4n) is 5.66. The Balaban J connectivity index is 1.68. The molecule has 0 saturated carbocycles. The van der Waals surface area contributed by atoms with Crippen molar-refractivity contribution in [3.63, 3.8) is 0 Å². The number of hydrogen-bond acceptors (Lipinski definition) is 5. The number of ether oxygens (including phenoxy) is 1. The second kappa shape index (κ2) is 11.0. The van der Waals surface area contributed by atoms with Crippen molar-refractivity contribution in [2.24, 2.45) is 11.7 Å². The summed E-state index contributed by atoms with van der Waals surface area (Å²) in [6.45, 7) is 12.3. The molecule has 190 valence electrons. The molecule has 0 aromatic heterocycles. The van der Waals surface area contributed by atoms with Crippen molar-refractivity contribution in [3.8, 4) is 5.75 Å². The quantitative estimate of drug-likeness (QED) is 0.533. The van der Waals surface area contributed by atoms with Gasteiger partial charge in [0.25, 0.3) is 5.91 Å². The Kier molecular flexibility index (Phi) is 8.50. The third-order valence-corrected chi connectivity index (χ3v) is 7.57. The summed E-state index contributed by atoms with van der Waals surface area (Å²) in [5.41, 5.74) is 5.95.